The summed E-state index contributed by atoms with van der Waals surface area (Å²) in [7, 11) is 0. The third-order valence-corrected chi connectivity index (χ3v) is 6.19. The summed E-state index contributed by atoms with van der Waals surface area (Å²) < 4.78 is 0. The van der Waals surface area contributed by atoms with E-state index in [1.54, 1.807) is 0 Å². The third-order valence-electron chi connectivity index (χ3n) is 6.19. The molecule has 2 saturated heterocycles. The molecule has 4 N–H and O–H groups in total. The van der Waals surface area contributed by atoms with Crippen LogP contribution in [0.3, 0.4) is 0 Å². The van der Waals surface area contributed by atoms with Crippen LogP contribution in [0.1, 0.15) is 42.5 Å². The third kappa shape index (κ3) is 4.26. The average molecular weight is 422 g/mol. The van der Waals surface area contributed by atoms with Gasteiger partial charge >= 0.3 is 0 Å². The number of nitrogens with two attached hydrogens (primary N) is 1. The van der Waals surface area contributed by atoms with Crippen molar-refractivity contribution in [1.29, 1.82) is 0 Å². The summed E-state index contributed by atoms with van der Waals surface area (Å²) in [5.41, 5.74) is 7.75. The summed E-state index contributed by atoms with van der Waals surface area (Å²) in [6, 6.07) is 8.80. The molecule has 1 aromatic heterocycles. The highest BCUT2D eigenvalue weighted by Gasteiger charge is 2.33. The Labute approximate surface area is 181 Å². The van der Waals surface area contributed by atoms with Crippen LogP contribution in [-0.4, -0.2) is 58.4 Å². The quantitative estimate of drug-likeness (QED) is 0.654. The zero-order valence-electron chi connectivity index (χ0n) is 17.4. The van der Waals surface area contributed by atoms with Gasteiger partial charge in [0.05, 0.1) is 5.56 Å². The van der Waals surface area contributed by atoms with Crippen LogP contribution in [0.5, 0.6) is 0 Å². The lowest BCUT2D eigenvalue weighted by Crippen LogP contribution is -2.57. The molecule has 0 spiro atoms. The Hall–Kier alpha value is -3.36. The number of rotatable bonds is 6. The van der Waals surface area contributed by atoms with Crippen LogP contribution in [0.25, 0.3) is 0 Å². The van der Waals surface area contributed by atoms with E-state index in [0.29, 0.717) is 41.7 Å². The zero-order valence-corrected chi connectivity index (χ0v) is 17.4. The van der Waals surface area contributed by atoms with Crippen molar-refractivity contribution in [2.45, 2.75) is 44.2 Å². The van der Waals surface area contributed by atoms with E-state index in [1.807, 2.05) is 12.1 Å². The van der Waals surface area contributed by atoms with Crippen LogP contribution in [0.4, 0.5) is 23.1 Å². The summed E-state index contributed by atoms with van der Waals surface area (Å²) in [6.45, 7) is 2.52. The van der Waals surface area contributed by atoms with Gasteiger partial charge in [-0.1, -0.05) is 0 Å². The second kappa shape index (κ2) is 8.05. The molecule has 3 aliphatic rings. The van der Waals surface area contributed by atoms with E-state index in [2.05, 4.69) is 42.5 Å². The number of nitrogens with one attached hydrogen (secondary N) is 2. The fraction of sp³-hybridized carbons (Fsp3) is 0.455. The molecule has 9 heteroatoms. The van der Waals surface area contributed by atoms with E-state index in [4.69, 9.17) is 5.73 Å². The molecule has 1 aromatic carbocycles. The lowest BCUT2D eigenvalue weighted by molar-refractivity contribution is -0.136. The smallest absolute Gasteiger partial charge is 0.254 e. The molecule has 2 aliphatic heterocycles. The lowest BCUT2D eigenvalue weighted by atomic mass is 9.98. The van der Waals surface area contributed by atoms with Crippen molar-refractivity contribution >= 4 is 35.0 Å². The fourth-order valence-electron chi connectivity index (χ4n) is 4.34. The molecule has 9 nitrogen and oxygen atoms in total. The van der Waals surface area contributed by atoms with Crippen LogP contribution in [0.2, 0.25) is 0 Å². The summed E-state index contributed by atoms with van der Waals surface area (Å²) in [5, 5.41) is 6.44. The largest absolute Gasteiger partial charge is 0.368 e. The van der Waals surface area contributed by atoms with Crippen molar-refractivity contribution in [3.63, 3.8) is 0 Å². The summed E-state index contributed by atoms with van der Waals surface area (Å²) in [6.07, 6.45) is 6.35. The van der Waals surface area contributed by atoms with Crippen molar-refractivity contribution in [3.8, 4) is 0 Å². The van der Waals surface area contributed by atoms with Gasteiger partial charge in [-0.3, -0.25) is 9.59 Å². The van der Waals surface area contributed by atoms with E-state index >= 15 is 0 Å². The molecule has 162 valence electrons. The summed E-state index contributed by atoms with van der Waals surface area (Å²) in [4.78, 5) is 36.8. The normalized spacial score (nSPS) is 20.9. The van der Waals surface area contributed by atoms with Crippen LogP contribution in [0.15, 0.2) is 30.5 Å². The molecule has 0 radical (unpaired) electrons. The van der Waals surface area contributed by atoms with Gasteiger partial charge < -0.3 is 26.2 Å². The number of hydrogen-bond acceptors (Lipinski definition) is 7. The van der Waals surface area contributed by atoms with E-state index < -0.39 is 5.91 Å². The highest BCUT2D eigenvalue weighted by molar-refractivity contribution is 5.97. The van der Waals surface area contributed by atoms with Gasteiger partial charge in [0.25, 0.3) is 5.91 Å². The van der Waals surface area contributed by atoms with Crippen LogP contribution < -0.4 is 21.3 Å². The highest BCUT2D eigenvalue weighted by Crippen LogP contribution is 2.28. The molecule has 2 amide bonds. The number of nitrogens with zero attached hydrogens (tertiary/aromatic N) is 4. The minimum absolute atomic E-state index is 0.299. The summed E-state index contributed by atoms with van der Waals surface area (Å²) >= 11 is 0. The van der Waals surface area contributed by atoms with Gasteiger partial charge in [-0.05, 0) is 49.9 Å². The maximum absolute atomic E-state index is 12.1. The molecule has 1 unspecified atom stereocenters. The first-order valence-corrected chi connectivity index (χ1v) is 10.9. The molecule has 1 saturated carbocycles. The number of amides is 2. The molecular formula is C22H27N7O2. The number of benzene rings is 1. The maximum atomic E-state index is 12.1. The van der Waals surface area contributed by atoms with Gasteiger partial charge in [-0.2, -0.15) is 4.98 Å². The van der Waals surface area contributed by atoms with Crippen molar-refractivity contribution in [2.75, 3.05) is 35.2 Å². The summed E-state index contributed by atoms with van der Waals surface area (Å²) in [5.74, 6) is 0.645. The number of anilines is 4. The number of primary amides is 1. The Morgan fingerprint density at radius 2 is 1.94 bits per heavy atom. The standard InChI is InChI=1S/C22H27N7O2/c23-20(31)18-12-24-22(27-21(18)25-14-4-5-14)26-15-6-8-16(9-7-15)28-10-11-29-17(13-28)2-1-3-19(29)30/h6-9,12,14,17H,1-5,10-11,13H2,(H2,23,31)(H2,24,25,26,27). The highest BCUT2D eigenvalue weighted by atomic mass is 16.2. The minimum atomic E-state index is -0.543. The van der Waals surface area contributed by atoms with Crippen LogP contribution in [-0.2, 0) is 4.79 Å². The van der Waals surface area contributed by atoms with Crippen LogP contribution >= 0.6 is 0 Å². The van der Waals surface area contributed by atoms with Gasteiger partial charge in [-0.25, -0.2) is 4.98 Å². The first kappa shape index (κ1) is 19.6. The molecule has 1 aliphatic carbocycles. The molecule has 0 bridgehead atoms. The Morgan fingerprint density at radius 3 is 2.68 bits per heavy atom. The number of hydrogen-bond donors (Lipinski definition) is 3. The number of carbonyl (C=O) groups is 2. The molecule has 3 fully saturated rings. The first-order valence-electron chi connectivity index (χ1n) is 10.9. The number of piperazine rings is 1. The number of fused-ring (bicyclic) bond motifs is 1. The number of carbonyl (C=O) groups excluding carboxylic acids is 2. The van der Waals surface area contributed by atoms with Gasteiger partial charge in [0.1, 0.15) is 5.82 Å². The molecule has 31 heavy (non-hydrogen) atoms. The van der Waals surface area contributed by atoms with Crippen molar-refractivity contribution in [2.24, 2.45) is 5.73 Å². The van der Waals surface area contributed by atoms with Crippen molar-refractivity contribution in [1.82, 2.24) is 14.9 Å². The fourth-order valence-corrected chi connectivity index (χ4v) is 4.34. The number of piperidine rings is 1. The number of aromatic nitrogens is 2. The van der Waals surface area contributed by atoms with Crippen molar-refractivity contribution < 1.29 is 9.59 Å². The Kier molecular flexibility index (Phi) is 5.09. The van der Waals surface area contributed by atoms with Gasteiger partial charge in [-0.15, -0.1) is 0 Å². The lowest BCUT2D eigenvalue weighted by Gasteiger charge is -2.44. The predicted octanol–water partition coefficient (Wildman–Crippen LogP) is 2.09. The van der Waals surface area contributed by atoms with Gasteiger partial charge in [0.2, 0.25) is 11.9 Å². The predicted molar refractivity (Wildman–Crippen MR) is 118 cm³/mol. The van der Waals surface area contributed by atoms with E-state index in [0.717, 1.165) is 56.7 Å². The molecule has 2 aromatic rings. The van der Waals surface area contributed by atoms with E-state index in [1.165, 1.54) is 6.20 Å². The Bertz CT molecular complexity index is 990. The average Bonchev–Trinajstić information content (AvgIpc) is 3.58. The van der Waals surface area contributed by atoms with Gasteiger partial charge in [0.15, 0.2) is 0 Å². The van der Waals surface area contributed by atoms with E-state index in [-0.39, 0.29) is 0 Å². The minimum Gasteiger partial charge on any atom is -0.368 e. The second-order valence-electron chi connectivity index (χ2n) is 8.49. The second-order valence-corrected chi connectivity index (χ2v) is 8.49. The van der Waals surface area contributed by atoms with E-state index in [9.17, 15) is 9.59 Å². The molecular weight excluding hydrogens is 394 g/mol. The molecule has 3 heterocycles. The first-order chi connectivity index (χ1) is 15.1. The van der Waals surface area contributed by atoms with Gasteiger partial charge in [0, 0.05) is 55.7 Å². The Morgan fingerprint density at radius 1 is 1.13 bits per heavy atom. The molecule has 5 rings (SSSR count). The Balaban J connectivity index is 1.26. The zero-order chi connectivity index (χ0) is 21.4. The monoisotopic (exact) mass is 421 g/mol. The van der Waals surface area contributed by atoms with Crippen molar-refractivity contribution in [3.05, 3.63) is 36.0 Å². The maximum Gasteiger partial charge on any atom is 0.254 e. The molecule has 1 atom stereocenters. The SMILES string of the molecule is NC(=O)c1cnc(Nc2ccc(N3CCN4C(=O)CCCC4C3)cc2)nc1NC1CC1. The topological polar surface area (TPSA) is 116 Å². The van der Waals surface area contributed by atoms with Crippen LogP contribution in [0, 0.1) is 0 Å².